The molecule has 2 aliphatic heterocycles. The predicted octanol–water partition coefficient (Wildman–Crippen LogP) is 3.35. The number of aryl methyl sites for hydroxylation is 1. The minimum atomic E-state index is 0.419. The van der Waals surface area contributed by atoms with E-state index < -0.39 is 0 Å². The van der Waals surface area contributed by atoms with Crippen LogP contribution in [-0.2, 0) is 9.47 Å². The molecule has 2 heterocycles. The number of nitrogens with one attached hydrogen (secondary N) is 2. The highest BCUT2D eigenvalue weighted by Crippen LogP contribution is 2.20. The smallest absolute Gasteiger partial charge is 0.191 e. The fraction of sp³-hybridized carbons (Fsp3) is 0.708. The predicted molar refractivity (Wildman–Crippen MR) is 125 cm³/mol. The van der Waals surface area contributed by atoms with E-state index in [1.807, 2.05) is 0 Å². The third-order valence-corrected chi connectivity index (χ3v) is 5.92. The maximum atomic E-state index is 5.86. The maximum Gasteiger partial charge on any atom is 0.191 e. The van der Waals surface area contributed by atoms with Gasteiger partial charge in [-0.1, -0.05) is 17.7 Å². The second-order valence-corrected chi connectivity index (χ2v) is 8.51. The number of hydrogen-bond donors (Lipinski definition) is 2. The van der Waals surface area contributed by atoms with Gasteiger partial charge in [-0.05, 0) is 64.0 Å². The van der Waals surface area contributed by atoms with Crippen LogP contribution in [0.3, 0.4) is 0 Å². The molecule has 1 atom stereocenters. The van der Waals surface area contributed by atoms with Crippen molar-refractivity contribution >= 4 is 11.6 Å². The lowest BCUT2D eigenvalue weighted by Crippen LogP contribution is -2.51. The quantitative estimate of drug-likeness (QED) is 0.367. The molecule has 0 bridgehead atoms. The van der Waals surface area contributed by atoms with Gasteiger partial charge in [0.05, 0.1) is 0 Å². The molecule has 1 aromatic carbocycles. The van der Waals surface area contributed by atoms with Crippen molar-refractivity contribution in [2.24, 2.45) is 10.9 Å². The van der Waals surface area contributed by atoms with E-state index in [4.69, 9.17) is 14.5 Å². The molecule has 0 saturated carbocycles. The average Bonchev–Trinajstić information content (AvgIpc) is 2.77. The molecular weight excluding hydrogens is 376 g/mol. The first-order valence-corrected chi connectivity index (χ1v) is 11.8. The first-order chi connectivity index (χ1) is 14.7. The Morgan fingerprint density at radius 1 is 1.20 bits per heavy atom. The summed E-state index contributed by atoms with van der Waals surface area (Å²) in [5, 5.41) is 7.05. The van der Waals surface area contributed by atoms with Crippen molar-refractivity contribution in [3.05, 3.63) is 29.8 Å². The van der Waals surface area contributed by atoms with E-state index in [1.54, 1.807) is 0 Å². The molecule has 2 saturated heterocycles. The normalized spacial score (nSPS) is 20.9. The van der Waals surface area contributed by atoms with Gasteiger partial charge in [0.25, 0.3) is 0 Å². The van der Waals surface area contributed by atoms with Crippen LogP contribution in [0.2, 0.25) is 0 Å². The van der Waals surface area contributed by atoms with Crippen molar-refractivity contribution in [1.82, 2.24) is 10.6 Å². The highest BCUT2D eigenvalue weighted by atomic mass is 16.5. The Labute approximate surface area is 182 Å². The molecule has 6 nitrogen and oxygen atoms in total. The zero-order valence-corrected chi connectivity index (χ0v) is 18.9. The van der Waals surface area contributed by atoms with Crippen molar-refractivity contribution in [1.29, 1.82) is 0 Å². The molecule has 0 spiro atoms. The van der Waals surface area contributed by atoms with Crippen molar-refractivity contribution in [2.45, 2.75) is 52.0 Å². The molecule has 3 rings (SSSR count). The summed E-state index contributed by atoms with van der Waals surface area (Å²) >= 11 is 0. The van der Waals surface area contributed by atoms with E-state index in [0.717, 1.165) is 77.8 Å². The molecule has 2 fully saturated rings. The standard InChI is InChI=1S/C24H40N4O2/c1-3-25-24(26-13-5-15-30-19-21-11-16-29-17-12-21)27-22-6-4-14-28(18-22)23-9-7-20(2)8-10-23/h7-10,21-22H,3-6,11-19H2,1-2H3,(H2,25,26,27). The minimum absolute atomic E-state index is 0.419. The summed E-state index contributed by atoms with van der Waals surface area (Å²) in [7, 11) is 0. The van der Waals surface area contributed by atoms with Gasteiger partial charge in [-0.3, -0.25) is 4.99 Å². The van der Waals surface area contributed by atoms with Crippen LogP contribution >= 0.6 is 0 Å². The Morgan fingerprint density at radius 2 is 2.00 bits per heavy atom. The molecule has 0 aromatic heterocycles. The Bertz CT molecular complexity index is 629. The van der Waals surface area contributed by atoms with E-state index in [9.17, 15) is 0 Å². The largest absolute Gasteiger partial charge is 0.381 e. The highest BCUT2D eigenvalue weighted by molar-refractivity contribution is 5.80. The van der Waals surface area contributed by atoms with Crippen LogP contribution in [-0.4, -0.2) is 64.6 Å². The van der Waals surface area contributed by atoms with E-state index in [1.165, 1.54) is 24.1 Å². The highest BCUT2D eigenvalue weighted by Gasteiger charge is 2.21. The van der Waals surface area contributed by atoms with Gasteiger partial charge in [0, 0.05) is 64.3 Å². The summed E-state index contributed by atoms with van der Waals surface area (Å²) in [4.78, 5) is 7.26. The van der Waals surface area contributed by atoms with Crippen molar-refractivity contribution in [2.75, 3.05) is 57.5 Å². The van der Waals surface area contributed by atoms with E-state index in [-0.39, 0.29) is 0 Å². The van der Waals surface area contributed by atoms with Gasteiger partial charge in [0.15, 0.2) is 5.96 Å². The molecule has 2 aliphatic rings. The van der Waals surface area contributed by atoms with Crippen LogP contribution in [0.5, 0.6) is 0 Å². The third-order valence-electron chi connectivity index (χ3n) is 5.92. The summed E-state index contributed by atoms with van der Waals surface area (Å²) in [5.41, 5.74) is 2.62. The average molecular weight is 417 g/mol. The van der Waals surface area contributed by atoms with Gasteiger partial charge in [-0.15, -0.1) is 0 Å². The Balaban J connectivity index is 1.39. The number of benzene rings is 1. The lowest BCUT2D eigenvalue weighted by Gasteiger charge is -2.35. The monoisotopic (exact) mass is 416 g/mol. The van der Waals surface area contributed by atoms with Crippen molar-refractivity contribution in [3.8, 4) is 0 Å². The zero-order valence-electron chi connectivity index (χ0n) is 18.9. The minimum Gasteiger partial charge on any atom is -0.381 e. The summed E-state index contributed by atoms with van der Waals surface area (Å²) in [6, 6.07) is 9.28. The van der Waals surface area contributed by atoms with Crippen LogP contribution in [0.4, 0.5) is 5.69 Å². The second-order valence-electron chi connectivity index (χ2n) is 8.51. The van der Waals surface area contributed by atoms with Crippen LogP contribution < -0.4 is 15.5 Å². The van der Waals surface area contributed by atoms with Gasteiger partial charge in [0.2, 0.25) is 0 Å². The number of guanidine groups is 1. The SMILES string of the molecule is CCNC(=NCCCOCC1CCOCC1)NC1CCCN(c2ccc(C)cc2)C1. The van der Waals surface area contributed by atoms with Gasteiger partial charge in [-0.2, -0.15) is 0 Å². The Morgan fingerprint density at radius 3 is 2.77 bits per heavy atom. The van der Waals surface area contributed by atoms with Crippen molar-refractivity contribution in [3.63, 3.8) is 0 Å². The van der Waals surface area contributed by atoms with Crippen molar-refractivity contribution < 1.29 is 9.47 Å². The lowest BCUT2D eigenvalue weighted by molar-refractivity contribution is 0.0205. The molecule has 1 aromatic rings. The first-order valence-electron chi connectivity index (χ1n) is 11.8. The molecule has 1 unspecified atom stereocenters. The summed E-state index contributed by atoms with van der Waals surface area (Å²) in [5.74, 6) is 1.60. The first kappa shape index (κ1) is 22.9. The maximum absolute atomic E-state index is 5.86. The molecule has 0 aliphatic carbocycles. The number of piperidine rings is 1. The fourth-order valence-corrected chi connectivity index (χ4v) is 4.12. The number of aliphatic imine (C=N–C) groups is 1. The van der Waals surface area contributed by atoms with Gasteiger partial charge in [0.1, 0.15) is 0 Å². The zero-order chi connectivity index (χ0) is 21.0. The van der Waals surface area contributed by atoms with E-state index >= 15 is 0 Å². The Kier molecular flexibility index (Phi) is 9.77. The molecule has 168 valence electrons. The topological polar surface area (TPSA) is 58.1 Å². The van der Waals surface area contributed by atoms with E-state index in [2.05, 4.69) is 53.6 Å². The number of anilines is 1. The number of hydrogen-bond acceptors (Lipinski definition) is 4. The van der Waals surface area contributed by atoms with Gasteiger partial charge >= 0.3 is 0 Å². The molecule has 0 radical (unpaired) electrons. The number of ether oxygens (including phenoxy) is 2. The van der Waals surface area contributed by atoms with Gasteiger partial charge < -0.3 is 25.0 Å². The summed E-state index contributed by atoms with van der Waals surface area (Å²) < 4.78 is 11.3. The van der Waals surface area contributed by atoms with Crippen LogP contribution in [0.15, 0.2) is 29.3 Å². The second kappa shape index (κ2) is 12.8. The van der Waals surface area contributed by atoms with Crippen LogP contribution in [0, 0.1) is 12.8 Å². The molecule has 30 heavy (non-hydrogen) atoms. The molecular formula is C24H40N4O2. The van der Waals surface area contributed by atoms with Crippen LogP contribution in [0.1, 0.15) is 44.6 Å². The Hall–Kier alpha value is -1.79. The number of nitrogens with zero attached hydrogens (tertiary/aromatic N) is 2. The third kappa shape index (κ3) is 7.80. The molecule has 6 heteroatoms. The fourth-order valence-electron chi connectivity index (χ4n) is 4.12. The number of rotatable bonds is 9. The lowest BCUT2D eigenvalue weighted by atomic mass is 10.0. The van der Waals surface area contributed by atoms with Gasteiger partial charge in [-0.25, -0.2) is 0 Å². The van der Waals surface area contributed by atoms with Crippen LogP contribution in [0.25, 0.3) is 0 Å². The summed E-state index contributed by atoms with van der Waals surface area (Å²) in [6.07, 6.45) is 5.60. The summed E-state index contributed by atoms with van der Waals surface area (Å²) in [6.45, 7) is 11.5. The van der Waals surface area contributed by atoms with E-state index in [0.29, 0.717) is 12.0 Å². The molecule has 0 amide bonds. The molecule has 2 N–H and O–H groups in total.